The monoisotopic (exact) mass is 249 g/mol. The van der Waals surface area contributed by atoms with Crippen molar-refractivity contribution in [2.75, 3.05) is 33.7 Å². The van der Waals surface area contributed by atoms with Crippen LogP contribution in [-0.4, -0.2) is 48.5 Å². The van der Waals surface area contributed by atoms with Gasteiger partial charge < -0.3 is 9.88 Å². The number of H-pyrrole nitrogens is 1. The van der Waals surface area contributed by atoms with E-state index in [9.17, 15) is 4.79 Å². The maximum Gasteiger partial charge on any atom is 0.185 e. The van der Waals surface area contributed by atoms with E-state index >= 15 is 0 Å². The molecule has 0 aliphatic carbocycles. The van der Waals surface area contributed by atoms with Gasteiger partial charge in [-0.3, -0.25) is 9.69 Å². The van der Waals surface area contributed by atoms with Gasteiger partial charge in [0.1, 0.15) is 0 Å². The molecule has 0 saturated carbocycles. The lowest BCUT2D eigenvalue weighted by atomic mass is 10.0. The van der Waals surface area contributed by atoms with Crippen molar-refractivity contribution in [3.05, 3.63) is 33.7 Å². The lowest BCUT2D eigenvalue weighted by molar-refractivity contribution is 0.240. The molecule has 1 aromatic rings. The molecule has 0 aromatic carbocycles. The van der Waals surface area contributed by atoms with Crippen molar-refractivity contribution < 1.29 is 0 Å². The number of hydrogen-bond donors (Lipinski definition) is 1. The number of hydrogen-bond acceptors (Lipinski definition) is 3. The highest BCUT2D eigenvalue weighted by atomic mass is 16.1. The smallest absolute Gasteiger partial charge is 0.185 e. The van der Waals surface area contributed by atoms with Gasteiger partial charge >= 0.3 is 0 Å². The van der Waals surface area contributed by atoms with E-state index in [4.69, 9.17) is 0 Å². The standard InChI is InChI=1S/C14H23N3O/c1-16(2)8-3-4-9-17-10-6-12-13(11-17)15-7-5-14(12)18/h5,7H,3-4,6,8-11H2,1-2H3,(H,15,18). The van der Waals surface area contributed by atoms with Crippen LogP contribution in [0.25, 0.3) is 0 Å². The van der Waals surface area contributed by atoms with Crippen LogP contribution in [0.1, 0.15) is 24.1 Å². The largest absolute Gasteiger partial charge is 0.363 e. The molecule has 100 valence electrons. The summed E-state index contributed by atoms with van der Waals surface area (Å²) in [7, 11) is 4.23. The Balaban J connectivity index is 1.83. The summed E-state index contributed by atoms with van der Waals surface area (Å²) in [5.74, 6) is 0. The molecule has 1 N–H and O–H groups in total. The predicted molar refractivity (Wildman–Crippen MR) is 73.8 cm³/mol. The van der Waals surface area contributed by atoms with E-state index < -0.39 is 0 Å². The van der Waals surface area contributed by atoms with Crippen LogP contribution >= 0.6 is 0 Å². The van der Waals surface area contributed by atoms with Crippen molar-refractivity contribution in [2.45, 2.75) is 25.8 Å². The highest BCUT2D eigenvalue weighted by molar-refractivity contribution is 5.22. The highest BCUT2D eigenvalue weighted by Gasteiger charge is 2.17. The number of aromatic nitrogens is 1. The minimum atomic E-state index is 0.191. The average Bonchev–Trinajstić information content (AvgIpc) is 2.35. The van der Waals surface area contributed by atoms with Gasteiger partial charge in [0.05, 0.1) is 0 Å². The van der Waals surface area contributed by atoms with E-state index in [-0.39, 0.29) is 5.43 Å². The second-order valence-corrected chi connectivity index (χ2v) is 5.34. The Morgan fingerprint density at radius 1 is 1.39 bits per heavy atom. The zero-order valence-electron chi connectivity index (χ0n) is 11.4. The van der Waals surface area contributed by atoms with Crippen LogP contribution in [0.3, 0.4) is 0 Å². The number of unbranched alkanes of at least 4 members (excludes halogenated alkanes) is 1. The molecule has 0 saturated heterocycles. The van der Waals surface area contributed by atoms with Crippen molar-refractivity contribution in [3.63, 3.8) is 0 Å². The number of nitrogens with zero attached hydrogens (tertiary/aromatic N) is 2. The molecule has 4 nitrogen and oxygen atoms in total. The molecule has 0 radical (unpaired) electrons. The minimum absolute atomic E-state index is 0.191. The molecule has 0 spiro atoms. The van der Waals surface area contributed by atoms with E-state index in [0.29, 0.717) is 0 Å². The summed E-state index contributed by atoms with van der Waals surface area (Å²) < 4.78 is 0. The first-order valence-electron chi connectivity index (χ1n) is 6.73. The van der Waals surface area contributed by atoms with Crippen LogP contribution in [0.5, 0.6) is 0 Å². The zero-order chi connectivity index (χ0) is 13.0. The second kappa shape index (κ2) is 6.16. The van der Waals surface area contributed by atoms with E-state index in [1.807, 2.05) is 0 Å². The van der Waals surface area contributed by atoms with E-state index in [0.717, 1.165) is 43.9 Å². The topological polar surface area (TPSA) is 39.3 Å². The Morgan fingerprint density at radius 2 is 2.22 bits per heavy atom. The predicted octanol–water partition coefficient (Wildman–Crippen LogP) is 1.07. The molecule has 0 atom stereocenters. The molecular formula is C14H23N3O. The van der Waals surface area contributed by atoms with Crippen LogP contribution < -0.4 is 5.43 Å². The summed E-state index contributed by atoms with van der Waals surface area (Å²) in [5, 5.41) is 0. The van der Waals surface area contributed by atoms with Gasteiger partial charge in [0.25, 0.3) is 0 Å². The minimum Gasteiger partial charge on any atom is -0.363 e. The zero-order valence-corrected chi connectivity index (χ0v) is 11.4. The highest BCUT2D eigenvalue weighted by Crippen LogP contribution is 2.13. The van der Waals surface area contributed by atoms with E-state index in [1.54, 1.807) is 12.3 Å². The summed E-state index contributed by atoms with van der Waals surface area (Å²) in [6, 6.07) is 1.63. The molecule has 1 aliphatic rings. The molecule has 1 aromatic heterocycles. The molecule has 0 amide bonds. The van der Waals surface area contributed by atoms with Crippen LogP contribution in [-0.2, 0) is 13.0 Å². The first-order chi connectivity index (χ1) is 8.66. The number of nitrogens with one attached hydrogen (secondary N) is 1. The number of aromatic amines is 1. The lowest BCUT2D eigenvalue weighted by Gasteiger charge is -2.28. The first kappa shape index (κ1) is 13.3. The molecule has 4 heteroatoms. The molecular weight excluding hydrogens is 226 g/mol. The Hall–Kier alpha value is -1.13. The van der Waals surface area contributed by atoms with Gasteiger partial charge in [-0.15, -0.1) is 0 Å². The molecule has 1 aliphatic heterocycles. The fraction of sp³-hybridized carbons (Fsp3) is 0.643. The normalized spacial score (nSPS) is 15.9. The summed E-state index contributed by atoms with van der Waals surface area (Å²) in [4.78, 5) is 19.5. The summed E-state index contributed by atoms with van der Waals surface area (Å²) in [6.45, 7) is 4.20. The van der Waals surface area contributed by atoms with Crippen LogP contribution in [0.15, 0.2) is 17.1 Å². The number of rotatable bonds is 5. The molecule has 18 heavy (non-hydrogen) atoms. The summed E-state index contributed by atoms with van der Waals surface area (Å²) in [6.07, 6.45) is 5.11. The van der Waals surface area contributed by atoms with E-state index in [1.165, 1.54) is 12.8 Å². The average molecular weight is 249 g/mol. The fourth-order valence-corrected chi connectivity index (χ4v) is 2.50. The second-order valence-electron chi connectivity index (χ2n) is 5.34. The third-order valence-electron chi connectivity index (χ3n) is 3.54. The maximum absolute atomic E-state index is 11.7. The van der Waals surface area contributed by atoms with Crippen molar-refractivity contribution in [1.82, 2.24) is 14.8 Å². The Kier molecular flexibility index (Phi) is 4.55. The summed E-state index contributed by atoms with van der Waals surface area (Å²) in [5.41, 5.74) is 2.29. The molecule has 2 rings (SSSR count). The number of fused-ring (bicyclic) bond motifs is 1. The molecule has 2 heterocycles. The summed E-state index contributed by atoms with van der Waals surface area (Å²) >= 11 is 0. The van der Waals surface area contributed by atoms with Gasteiger partial charge in [0.2, 0.25) is 0 Å². The first-order valence-corrected chi connectivity index (χ1v) is 6.73. The Bertz CT molecular complexity index is 439. The third kappa shape index (κ3) is 3.43. The lowest BCUT2D eigenvalue weighted by Crippen LogP contribution is -2.34. The molecule has 0 unspecified atom stereocenters. The van der Waals surface area contributed by atoms with Gasteiger partial charge in [-0.1, -0.05) is 0 Å². The van der Waals surface area contributed by atoms with E-state index in [2.05, 4.69) is 28.9 Å². The number of pyridine rings is 1. The van der Waals surface area contributed by atoms with Crippen LogP contribution in [0.4, 0.5) is 0 Å². The van der Waals surface area contributed by atoms with Gasteiger partial charge in [0, 0.05) is 36.6 Å². The van der Waals surface area contributed by atoms with Crippen molar-refractivity contribution in [2.24, 2.45) is 0 Å². The molecule has 0 fully saturated rings. The van der Waals surface area contributed by atoms with Crippen molar-refractivity contribution >= 4 is 0 Å². The third-order valence-corrected chi connectivity index (χ3v) is 3.54. The fourth-order valence-electron chi connectivity index (χ4n) is 2.50. The van der Waals surface area contributed by atoms with Gasteiger partial charge in [-0.2, -0.15) is 0 Å². The van der Waals surface area contributed by atoms with Crippen molar-refractivity contribution in [1.29, 1.82) is 0 Å². The van der Waals surface area contributed by atoms with Gasteiger partial charge in [0.15, 0.2) is 5.43 Å². The van der Waals surface area contributed by atoms with Crippen LogP contribution in [0, 0.1) is 0 Å². The quantitative estimate of drug-likeness (QED) is 0.794. The van der Waals surface area contributed by atoms with Gasteiger partial charge in [-0.05, 0) is 46.4 Å². The Morgan fingerprint density at radius 3 is 3.00 bits per heavy atom. The maximum atomic E-state index is 11.7. The van der Waals surface area contributed by atoms with Crippen molar-refractivity contribution in [3.8, 4) is 0 Å². The van der Waals surface area contributed by atoms with Crippen LogP contribution in [0.2, 0.25) is 0 Å². The molecule has 0 bridgehead atoms. The SMILES string of the molecule is CN(C)CCCCN1CCc2c([nH]ccc2=O)C1. The van der Waals surface area contributed by atoms with Gasteiger partial charge in [-0.25, -0.2) is 0 Å². The Labute approximate surface area is 109 Å².